The van der Waals surface area contributed by atoms with E-state index in [2.05, 4.69) is 35.3 Å². The van der Waals surface area contributed by atoms with E-state index in [4.69, 9.17) is 4.74 Å². The van der Waals surface area contributed by atoms with E-state index in [9.17, 15) is 9.90 Å². The second-order valence-corrected chi connectivity index (χ2v) is 6.83. The third kappa shape index (κ3) is 3.70. The average molecular weight is 359 g/mol. The number of benzene rings is 2. The van der Waals surface area contributed by atoms with E-state index in [0.29, 0.717) is 24.5 Å². The van der Waals surface area contributed by atoms with Crippen LogP contribution in [0.15, 0.2) is 67.0 Å². The summed E-state index contributed by atoms with van der Waals surface area (Å²) >= 11 is 0. The van der Waals surface area contributed by atoms with Crippen LogP contribution in [-0.2, 0) is 6.42 Å². The number of aromatic carboxylic acids is 1. The number of carbonyl (C=O) groups is 1. The van der Waals surface area contributed by atoms with Crippen molar-refractivity contribution < 1.29 is 14.6 Å². The van der Waals surface area contributed by atoms with Crippen molar-refractivity contribution in [3.63, 3.8) is 0 Å². The lowest BCUT2D eigenvalue weighted by Crippen LogP contribution is -2.15. The first-order valence-electron chi connectivity index (χ1n) is 9.21. The molecule has 0 saturated heterocycles. The molecule has 4 nitrogen and oxygen atoms in total. The Morgan fingerprint density at radius 1 is 1.11 bits per heavy atom. The van der Waals surface area contributed by atoms with Crippen LogP contribution in [0.25, 0.3) is 11.1 Å². The van der Waals surface area contributed by atoms with Crippen LogP contribution >= 0.6 is 0 Å². The topological polar surface area (TPSA) is 59.4 Å². The van der Waals surface area contributed by atoms with Gasteiger partial charge in [0.15, 0.2) is 0 Å². The Morgan fingerprint density at radius 3 is 2.78 bits per heavy atom. The van der Waals surface area contributed by atoms with Crippen molar-refractivity contribution in [2.24, 2.45) is 0 Å². The summed E-state index contributed by atoms with van der Waals surface area (Å²) in [6, 6.07) is 18.3. The predicted octanol–water partition coefficient (Wildman–Crippen LogP) is 4.95. The fourth-order valence-corrected chi connectivity index (χ4v) is 3.74. The Kier molecular flexibility index (Phi) is 4.88. The number of ether oxygens (including phenoxy) is 1. The van der Waals surface area contributed by atoms with Gasteiger partial charge < -0.3 is 9.84 Å². The first kappa shape index (κ1) is 17.3. The molecule has 1 unspecified atom stereocenters. The van der Waals surface area contributed by atoms with Crippen molar-refractivity contribution >= 4 is 5.97 Å². The van der Waals surface area contributed by atoms with E-state index < -0.39 is 5.97 Å². The molecule has 4 rings (SSSR count). The van der Waals surface area contributed by atoms with Gasteiger partial charge in [-0.2, -0.15) is 0 Å². The molecule has 0 fully saturated rings. The Hall–Kier alpha value is -3.14. The van der Waals surface area contributed by atoms with Crippen LogP contribution in [0.2, 0.25) is 0 Å². The molecular formula is C23H21NO3. The molecule has 2 aromatic carbocycles. The first-order valence-corrected chi connectivity index (χ1v) is 9.21. The molecule has 0 saturated carbocycles. The van der Waals surface area contributed by atoms with E-state index in [1.54, 1.807) is 12.3 Å². The lowest BCUT2D eigenvalue weighted by atomic mass is 9.86. The number of nitrogens with zero attached hydrogens (tertiary/aromatic N) is 1. The summed E-state index contributed by atoms with van der Waals surface area (Å²) in [5.74, 6) is 0.407. The van der Waals surface area contributed by atoms with Gasteiger partial charge >= 0.3 is 5.97 Å². The molecule has 4 heteroatoms. The highest BCUT2D eigenvalue weighted by molar-refractivity contribution is 5.89. The molecule has 1 aliphatic rings. The summed E-state index contributed by atoms with van der Waals surface area (Å²) in [6.07, 6.45) is 5.72. The second-order valence-electron chi connectivity index (χ2n) is 6.83. The molecule has 0 amide bonds. The molecule has 0 bridgehead atoms. The van der Waals surface area contributed by atoms with Gasteiger partial charge in [-0.3, -0.25) is 4.98 Å². The zero-order valence-electron chi connectivity index (χ0n) is 15.0. The zero-order chi connectivity index (χ0) is 18.6. The maximum atomic E-state index is 11.4. The van der Waals surface area contributed by atoms with Gasteiger partial charge in [0.05, 0.1) is 12.2 Å². The number of aromatic nitrogens is 1. The van der Waals surface area contributed by atoms with Gasteiger partial charge in [0.25, 0.3) is 0 Å². The van der Waals surface area contributed by atoms with Crippen molar-refractivity contribution in [3.05, 3.63) is 83.7 Å². The van der Waals surface area contributed by atoms with Gasteiger partial charge in [-0.1, -0.05) is 42.5 Å². The van der Waals surface area contributed by atoms with Crippen LogP contribution < -0.4 is 4.74 Å². The third-order valence-electron chi connectivity index (χ3n) is 5.18. The summed E-state index contributed by atoms with van der Waals surface area (Å²) in [4.78, 5) is 15.5. The van der Waals surface area contributed by atoms with Gasteiger partial charge in [0, 0.05) is 12.4 Å². The summed E-state index contributed by atoms with van der Waals surface area (Å²) in [5.41, 5.74) is 4.67. The van der Waals surface area contributed by atoms with Crippen LogP contribution in [0.5, 0.6) is 5.75 Å². The molecule has 0 aliphatic carbocycles. The molecule has 2 heterocycles. The van der Waals surface area contributed by atoms with E-state index in [-0.39, 0.29) is 0 Å². The fraction of sp³-hybridized carbons (Fsp3) is 0.217. The minimum absolute atomic E-state index is 0.344. The number of carboxylic acids is 1. The Morgan fingerprint density at radius 2 is 1.96 bits per heavy atom. The Balaban J connectivity index is 1.55. The highest BCUT2D eigenvalue weighted by atomic mass is 16.5. The van der Waals surface area contributed by atoms with Crippen LogP contribution in [0.4, 0.5) is 0 Å². The molecule has 3 aromatic rings. The lowest BCUT2D eigenvalue weighted by molar-refractivity contribution is 0.0695. The monoisotopic (exact) mass is 359 g/mol. The van der Waals surface area contributed by atoms with E-state index in [0.717, 1.165) is 29.7 Å². The Bertz CT molecular complexity index is 953. The van der Waals surface area contributed by atoms with Crippen LogP contribution in [0.3, 0.4) is 0 Å². The smallest absolute Gasteiger partial charge is 0.336 e. The van der Waals surface area contributed by atoms with E-state index in [1.807, 2.05) is 18.2 Å². The van der Waals surface area contributed by atoms with Crippen LogP contribution in [0.1, 0.15) is 40.2 Å². The molecule has 27 heavy (non-hydrogen) atoms. The number of hydrogen-bond donors (Lipinski definition) is 1. The van der Waals surface area contributed by atoms with Gasteiger partial charge in [0.2, 0.25) is 0 Å². The number of pyridine rings is 1. The standard InChI is InChI=1S/C23H21NO3/c25-23(26)21-10-12-24-15-19(21)7-6-17-11-13-27-22-14-18(8-9-20(17)22)16-4-2-1-3-5-16/h1-5,8-10,12,14-15,17H,6-7,11,13H2,(H,25,26). The maximum absolute atomic E-state index is 11.4. The number of rotatable bonds is 5. The number of aryl methyl sites for hydroxylation is 1. The highest BCUT2D eigenvalue weighted by Gasteiger charge is 2.22. The minimum Gasteiger partial charge on any atom is -0.493 e. The molecule has 0 radical (unpaired) electrons. The van der Waals surface area contributed by atoms with E-state index >= 15 is 0 Å². The summed E-state index contributed by atoms with van der Waals surface area (Å²) in [7, 11) is 0. The van der Waals surface area contributed by atoms with Crippen molar-refractivity contribution in [1.82, 2.24) is 4.98 Å². The van der Waals surface area contributed by atoms with Crippen molar-refractivity contribution in [3.8, 4) is 16.9 Å². The molecule has 136 valence electrons. The normalized spacial score (nSPS) is 15.6. The second kappa shape index (κ2) is 7.62. The fourth-order valence-electron chi connectivity index (χ4n) is 3.74. The average Bonchev–Trinajstić information content (AvgIpc) is 2.72. The quantitative estimate of drug-likeness (QED) is 0.700. The third-order valence-corrected chi connectivity index (χ3v) is 5.18. The summed E-state index contributed by atoms with van der Waals surface area (Å²) in [5, 5.41) is 9.35. The van der Waals surface area contributed by atoms with Gasteiger partial charge in [-0.05, 0) is 59.6 Å². The maximum Gasteiger partial charge on any atom is 0.336 e. The zero-order valence-corrected chi connectivity index (χ0v) is 15.0. The largest absolute Gasteiger partial charge is 0.493 e. The van der Waals surface area contributed by atoms with Crippen molar-refractivity contribution in [1.29, 1.82) is 0 Å². The molecule has 0 spiro atoms. The van der Waals surface area contributed by atoms with E-state index in [1.165, 1.54) is 17.3 Å². The summed E-state index contributed by atoms with van der Waals surface area (Å²) < 4.78 is 5.92. The number of hydrogen-bond acceptors (Lipinski definition) is 3. The minimum atomic E-state index is -0.896. The SMILES string of the molecule is O=C(O)c1ccncc1CCC1CCOc2cc(-c3ccccc3)ccc21. The highest BCUT2D eigenvalue weighted by Crippen LogP contribution is 2.39. The van der Waals surface area contributed by atoms with Crippen LogP contribution in [-0.4, -0.2) is 22.7 Å². The number of carboxylic acid groups (broad SMARTS) is 1. The van der Waals surface area contributed by atoms with Crippen LogP contribution in [0, 0.1) is 0 Å². The molecule has 1 atom stereocenters. The molecule has 1 N–H and O–H groups in total. The van der Waals surface area contributed by atoms with Crippen molar-refractivity contribution in [2.45, 2.75) is 25.2 Å². The predicted molar refractivity (Wildman–Crippen MR) is 104 cm³/mol. The lowest BCUT2D eigenvalue weighted by Gasteiger charge is -2.26. The van der Waals surface area contributed by atoms with Gasteiger partial charge in [-0.15, -0.1) is 0 Å². The van der Waals surface area contributed by atoms with Gasteiger partial charge in [0.1, 0.15) is 5.75 Å². The molecule has 1 aliphatic heterocycles. The first-order chi connectivity index (χ1) is 13.2. The van der Waals surface area contributed by atoms with Gasteiger partial charge in [-0.25, -0.2) is 4.79 Å². The molecule has 1 aromatic heterocycles. The number of fused-ring (bicyclic) bond motifs is 1. The van der Waals surface area contributed by atoms with Crippen molar-refractivity contribution in [2.75, 3.05) is 6.61 Å². The summed E-state index contributed by atoms with van der Waals surface area (Å²) in [6.45, 7) is 0.689. The molecular weight excluding hydrogens is 338 g/mol. The Labute approximate surface area is 158 Å².